The number of carbonyl (C=O) groups is 2. The highest BCUT2D eigenvalue weighted by molar-refractivity contribution is 6.00. The van der Waals surface area contributed by atoms with E-state index in [2.05, 4.69) is 10.1 Å². The molecule has 0 spiro atoms. The maximum absolute atomic E-state index is 13.2. The van der Waals surface area contributed by atoms with Gasteiger partial charge >= 0.3 is 5.97 Å². The number of fused-ring (bicyclic) bond motifs is 2. The first kappa shape index (κ1) is 18.9. The molecular weight excluding hydrogens is 376 g/mol. The van der Waals surface area contributed by atoms with Crippen LogP contribution in [0.2, 0.25) is 0 Å². The summed E-state index contributed by atoms with van der Waals surface area (Å²) in [6, 6.07) is 6.92. The van der Waals surface area contributed by atoms with Gasteiger partial charge in [-0.05, 0) is 38.3 Å². The van der Waals surface area contributed by atoms with Crippen LogP contribution in [0.25, 0.3) is 11.1 Å². The summed E-state index contributed by atoms with van der Waals surface area (Å²) < 4.78 is 11.1. The van der Waals surface area contributed by atoms with Crippen molar-refractivity contribution in [2.45, 2.75) is 32.7 Å². The second-order valence-electron chi connectivity index (χ2n) is 6.79. The van der Waals surface area contributed by atoms with Crippen molar-refractivity contribution in [3.8, 4) is 0 Å². The molecule has 1 amide bonds. The standard InChI is InChI=1S/C20H20N4O5/c1-3-28-20(27)16-15-17(29-22-16)21-11-24(19(15)26)12(2)18(25)23-10-6-8-13-7-4-5-9-14(13)23/h4-5,7,9,11-12H,3,6,8,10H2,1-2H3. The molecule has 1 aliphatic heterocycles. The molecule has 1 atom stereocenters. The highest BCUT2D eigenvalue weighted by atomic mass is 16.5. The van der Waals surface area contributed by atoms with E-state index in [9.17, 15) is 14.4 Å². The summed E-state index contributed by atoms with van der Waals surface area (Å²) in [6.45, 7) is 3.98. The Morgan fingerprint density at radius 2 is 2.10 bits per heavy atom. The number of hydrogen-bond acceptors (Lipinski definition) is 7. The molecule has 150 valence electrons. The molecule has 4 rings (SSSR count). The van der Waals surface area contributed by atoms with Gasteiger partial charge in [0.1, 0.15) is 17.8 Å². The first-order valence-electron chi connectivity index (χ1n) is 9.45. The predicted molar refractivity (Wildman–Crippen MR) is 104 cm³/mol. The first-order valence-corrected chi connectivity index (χ1v) is 9.45. The lowest BCUT2D eigenvalue weighted by atomic mass is 10.0. The molecule has 9 heteroatoms. The predicted octanol–water partition coefficient (Wildman–Crippen LogP) is 2.10. The number of nitrogens with zero attached hydrogens (tertiary/aromatic N) is 4. The molecule has 0 aliphatic carbocycles. The number of aromatic nitrogens is 3. The number of anilines is 1. The van der Waals surface area contributed by atoms with Crippen LogP contribution in [-0.2, 0) is 16.0 Å². The fraction of sp³-hybridized carbons (Fsp3) is 0.350. The number of benzene rings is 1. The van der Waals surface area contributed by atoms with E-state index in [1.54, 1.807) is 18.7 Å². The van der Waals surface area contributed by atoms with E-state index in [1.807, 2.05) is 24.3 Å². The highest BCUT2D eigenvalue weighted by Crippen LogP contribution is 2.28. The van der Waals surface area contributed by atoms with Crippen LogP contribution in [0.15, 0.2) is 39.9 Å². The Kier molecular flexibility index (Phi) is 4.87. The zero-order valence-corrected chi connectivity index (χ0v) is 16.1. The quantitative estimate of drug-likeness (QED) is 0.622. The van der Waals surface area contributed by atoms with Gasteiger partial charge in [-0.25, -0.2) is 9.78 Å². The van der Waals surface area contributed by atoms with Gasteiger partial charge in [-0.2, -0.15) is 0 Å². The summed E-state index contributed by atoms with van der Waals surface area (Å²) in [5.74, 6) is -0.999. The Bertz CT molecular complexity index is 1150. The van der Waals surface area contributed by atoms with Crippen molar-refractivity contribution < 1.29 is 18.8 Å². The van der Waals surface area contributed by atoms with E-state index < -0.39 is 17.6 Å². The van der Waals surface area contributed by atoms with Crippen molar-refractivity contribution in [2.75, 3.05) is 18.1 Å². The number of carbonyl (C=O) groups excluding carboxylic acids is 2. The van der Waals surface area contributed by atoms with Gasteiger partial charge in [0.25, 0.3) is 11.3 Å². The summed E-state index contributed by atoms with van der Waals surface area (Å²) in [5.41, 5.74) is 1.07. The maximum Gasteiger partial charge on any atom is 0.361 e. The summed E-state index contributed by atoms with van der Waals surface area (Å²) in [4.78, 5) is 44.1. The van der Waals surface area contributed by atoms with Crippen molar-refractivity contribution in [3.63, 3.8) is 0 Å². The Balaban J connectivity index is 1.72. The molecule has 3 heterocycles. The minimum Gasteiger partial charge on any atom is -0.461 e. The molecule has 0 saturated carbocycles. The number of amides is 1. The molecular formula is C20H20N4O5. The molecule has 1 unspecified atom stereocenters. The van der Waals surface area contributed by atoms with Crippen LogP contribution in [0.1, 0.15) is 42.4 Å². The van der Waals surface area contributed by atoms with Crippen LogP contribution < -0.4 is 10.5 Å². The lowest BCUT2D eigenvalue weighted by Gasteiger charge is -2.31. The van der Waals surface area contributed by atoms with E-state index in [-0.39, 0.29) is 29.3 Å². The third-order valence-corrected chi connectivity index (χ3v) is 5.04. The minimum absolute atomic E-state index is 0.0720. The molecule has 0 saturated heterocycles. The van der Waals surface area contributed by atoms with E-state index >= 15 is 0 Å². The average molecular weight is 396 g/mol. The Hall–Kier alpha value is -3.49. The summed E-state index contributed by atoms with van der Waals surface area (Å²) in [6.07, 6.45) is 2.99. The Morgan fingerprint density at radius 1 is 1.31 bits per heavy atom. The smallest absolute Gasteiger partial charge is 0.361 e. The highest BCUT2D eigenvalue weighted by Gasteiger charge is 2.29. The molecule has 9 nitrogen and oxygen atoms in total. The number of rotatable bonds is 4. The molecule has 2 aromatic heterocycles. The van der Waals surface area contributed by atoms with E-state index in [0.717, 1.165) is 24.1 Å². The number of ether oxygens (including phenoxy) is 1. The van der Waals surface area contributed by atoms with Gasteiger partial charge < -0.3 is 14.2 Å². The second kappa shape index (κ2) is 7.50. The zero-order chi connectivity index (χ0) is 20.5. The minimum atomic E-state index is -0.824. The first-order chi connectivity index (χ1) is 14.0. The van der Waals surface area contributed by atoms with E-state index in [1.165, 1.54) is 10.9 Å². The third kappa shape index (κ3) is 3.18. The number of aryl methyl sites for hydroxylation is 1. The van der Waals surface area contributed by atoms with Gasteiger partial charge in [-0.15, -0.1) is 0 Å². The van der Waals surface area contributed by atoms with Crippen LogP contribution in [0.3, 0.4) is 0 Å². The Labute approximate surface area is 165 Å². The zero-order valence-electron chi connectivity index (χ0n) is 16.1. The third-order valence-electron chi connectivity index (χ3n) is 5.04. The number of esters is 1. The number of hydrogen-bond donors (Lipinski definition) is 0. The fourth-order valence-electron chi connectivity index (χ4n) is 3.58. The summed E-state index contributed by atoms with van der Waals surface area (Å²) in [7, 11) is 0. The lowest BCUT2D eigenvalue weighted by molar-refractivity contribution is -0.121. The molecule has 0 N–H and O–H groups in total. The van der Waals surface area contributed by atoms with Gasteiger partial charge in [0.05, 0.1) is 6.61 Å². The molecule has 0 radical (unpaired) electrons. The second-order valence-corrected chi connectivity index (χ2v) is 6.79. The molecule has 3 aromatic rings. The number of para-hydroxylation sites is 1. The molecule has 1 aromatic carbocycles. The topological polar surface area (TPSA) is 108 Å². The van der Waals surface area contributed by atoms with E-state index in [4.69, 9.17) is 9.26 Å². The van der Waals surface area contributed by atoms with Gasteiger partial charge in [0, 0.05) is 12.2 Å². The molecule has 0 fully saturated rings. The van der Waals surface area contributed by atoms with Crippen molar-refractivity contribution in [1.29, 1.82) is 0 Å². The van der Waals surface area contributed by atoms with Gasteiger partial charge in [-0.3, -0.25) is 14.2 Å². The monoisotopic (exact) mass is 396 g/mol. The van der Waals surface area contributed by atoms with Crippen LogP contribution in [0, 0.1) is 0 Å². The SMILES string of the molecule is CCOC(=O)c1noc2ncn(C(C)C(=O)N3CCCc4ccccc43)c(=O)c12. The van der Waals surface area contributed by atoms with Gasteiger partial charge in [0.2, 0.25) is 11.6 Å². The van der Waals surface area contributed by atoms with Crippen molar-refractivity contribution in [3.05, 3.63) is 52.2 Å². The normalized spacial score (nSPS) is 14.5. The lowest BCUT2D eigenvalue weighted by Crippen LogP contribution is -2.42. The Morgan fingerprint density at radius 3 is 2.90 bits per heavy atom. The van der Waals surface area contributed by atoms with Crippen LogP contribution in [0.4, 0.5) is 5.69 Å². The van der Waals surface area contributed by atoms with Crippen LogP contribution in [0.5, 0.6) is 0 Å². The average Bonchev–Trinajstić information content (AvgIpc) is 3.18. The largest absolute Gasteiger partial charge is 0.461 e. The van der Waals surface area contributed by atoms with Crippen molar-refractivity contribution in [2.24, 2.45) is 0 Å². The van der Waals surface area contributed by atoms with Crippen molar-refractivity contribution in [1.82, 2.24) is 14.7 Å². The fourth-order valence-corrected chi connectivity index (χ4v) is 3.58. The van der Waals surface area contributed by atoms with Crippen molar-refractivity contribution >= 4 is 28.7 Å². The molecule has 0 bridgehead atoms. The van der Waals surface area contributed by atoms with Crippen LogP contribution in [-0.4, -0.2) is 39.7 Å². The van der Waals surface area contributed by atoms with Gasteiger partial charge in [-0.1, -0.05) is 23.4 Å². The van der Waals surface area contributed by atoms with Gasteiger partial charge in [0.15, 0.2) is 0 Å². The molecule has 1 aliphatic rings. The maximum atomic E-state index is 13.2. The van der Waals surface area contributed by atoms with Crippen LogP contribution >= 0.6 is 0 Å². The molecule has 29 heavy (non-hydrogen) atoms. The summed E-state index contributed by atoms with van der Waals surface area (Å²) in [5, 5.41) is 3.53. The summed E-state index contributed by atoms with van der Waals surface area (Å²) >= 11 is 0. The van der Waals surface area contributed by atoms with E-state index in [0.29, 0.717) is 6.54 Å².